The van der Waals surface area contributed by atoms with Gasteiger partial charge in [-0.3, -0.25) is 4.79 Å². The number of nitrogens with two attached hydrogens (primary N) is 1. The van der Waals surface area contributed by atoms with Crippen molar-refractivity contribution in [1.82, 2.24) is 4.90 Å². The van der Waals surface area contributed by atoms with Gasteiger partial charge in [-0.05, 0) is 17.5 Å². The average molecular weight is 296 g/mol. The highest BCUT2D eigenvalue weighted by Crippen LogP contribution is 2.12. The number of rotatable bonds is 7. The number of amides is 1. The van der Waals surface area contributed by atoms with Crippen molar-refractivity contribution in [2.24, 2.45) is 5.73 Å². The number of nitrogens with zero attached hydrogens (tertiary/aromatic N) is 1. The Bertz CT molecular complexity index is 527. The second kappa shape index (κ2) is 8.35. The maximum Gasteiger partial charge on any atom is 0.240 e. The van der Waals surface area contributed by atoms with Crippen LogP contribution in [0.2, 0.25) is 0 Å². The third-order valence-electron chi connectivity index (χ3n) is 3.66. The molecule has 3 heteroatoms. The zero-order valence-electron chi connectivity index (χ0n) is 13.1. The van der Waals surface area contributed by atoms with Crippen LogP contribution < -0.4 is 5.73 Å². The van der Waals surface area contributed by atoms with Gasteiger partial charge in [0.2, 0.25) is 5.91 Å². The molecule has 0 spiro atoms. The summed E-state index contributed by atoms with van der Waals surface area (Å²) in [6, 6.07) is 19.7. The molecular weight excluding hydrogens is 272 g/mol. The minimum absolute atomic E-state index is 0.0227. The van der Waals surface area contributed by atoms with Crippen molar-refractivity contribution in [3.8, 4) is 0 Å². The molecule has 0 bridgehead atoms. The zero-order valence-corrected chi connectivity index (χ0v) is 13.1. The first-order chi connectivity index (χ1) is 10.7. The first kappa shape index (κ1) is 16.2. The first-order valence-electron chi connectivity index (χ1n) is 7.83. The second-order valence-corrected chi connectivity index (χ2v) is 5.56. The molecule has 0 saturated heterocycles. The minimum atomic E-state index is -0.419. The molecule has 116 valence electrons. The average Bonchev–Trinajstić information content (AvgIpc) is 2.56. The third kappa shape index (κ3) is 4.71. The summed E-state index contributed by atoms with van der Waals surface area (Å²) in [5.74, 6) is 0.0227. The fourth-order valence-corrected chi connectivity index (χ4v) is 2.49. The van der Waals surface area contributed by atoms with E-state index in [1.165, 1.54) is 0 Å². The summed E-state index contributed by atoms with van der Waals surface area (Å²) in [6.07, 6.45) is 1.64. The summed E-state index contributed by atoms with van der Waals surface area (Å²) in [5, 5.41) is 0. The van der Waals surface area contributed by atoms with Crippen molar-refractivity contribution in [2.45, 2.75) is 38.9 Å². The molecule has 0 aromatic heterocycles. The van der Waals surface area contributed by atoms with Crippen LogP contribution in [0.5, 0.6) is 0 Å². The van der Waals surface area contributed by atoms with E-state index < -0.39 is 6.04 Å². The maximum absolute atomic E-state index is 12.6. The van der Waals surface area contributed by atoms with Crippen LogP contribution in [0.15, 0.2) is 60.7 Å². The number of hydrogen-bond donors (Lipinski definition) is 1. The number of carbonyl (C=O) groups is 1. The van der Waals surface area contributed by atoms with Crippen LogP contribution in [0.3, 0.4) is 0 Å². The van der Waals surface area contributed by atoms with Crippen LogP contribution in [0.1, 0.15) is 30.9 Å². The van der Waals surface area contributed by atoms with Gasteiger partial charge < -0.3 is 10.6 Å². The van der Waals surface area contributed by atoms with Crippen molar-refractivity contribution in [2.75, 3.05) is 0 Å². The molecule has 2 rings (SSSR count). The van der Waals surface area contributed by atoms with E-state index in [-0.39, 0.29) is 5.91 Å². The number of benzene rings is 2. The number of carbonyl (C=O) groups excluding carboxylic acids is 1. The van der Waals surface area contributed by atoms with E-state index in [4.69, 9.17) is 5.73 Å². The van der Waals surface area contributed by atoms with Gasteiger partial charge in [0.1, 0.15) is 0 Å². The van der Waals surface area contributed by atoms with E-state index in [2.05, 4.69) is 0 Å². The van der Waals surface area contributed by atoms with Crippen molar-refractivity contribution in [1.29, 1.82) is 0 Å². The monoisotopic (exact) mass is 296 g/mol. The smallest absolute Gasteiger partial charge is 0.240 e. The summed E-state index contributed by atoms with van der Waals surface area (Å²) in [5.41, 5.74) is 8.29. The van der Waals surface area contributed by atoms with Crippen LogP contribution in [0.25, 0.3) is 0 Å². The molecule has 0 aliphatic heterocycles. The molecule has 2 aromatic carbocycles. The van der Waals surface area contributed by atoms with Crippen LogP contribution in [-0.4, -0.2) is 16.8 Å². The molecule has 1 atom stereocenters. The van der Waals surface area contributed by atoms with Crippen molar-refractivity contribution in [3.05, 3.63) is 71.8 Å². The van der Waals surface area contributed by atoms with Gasteiger partial charge in [0, 0.05) is 13.1 Å². The fourth-order valence-electron chi connectivity index (χ4n) is 2.49. The quantitative estimate of drug-likeness (QED) is 0.851. The Kier molecular flexibility index (Phi) is 6.16. The van der Waals surface area contributed by atoms with Crippen molar-refractivity contribution >= 4 is 5.91 Å². The van der Waals surface area contributed by atoms with Gasteiger partial charge >= 0.3 is 0 Å². The van der Waals surface area contributed by atoms with E-state index in [1.54, 1.807) is 0 Å². The molecule has 2 aromatic rings. The van der Waals surface area contributed by atoms with Crippen LogP contribution in [0, 0.1) is 0 Å². The lowest BCUT2D eigenvalue weighted by molar-refractivity contribution is -0.134. The fraction of sp³-hybridized carbons (Fsp3) is 0.316. The highest BCUT2D eigenvalue weighted by molar-refractivity contribution is 5.81. The molecule has 0 heterocycles. The van der Waals surface area contributed by atoms with E-state index in [0.29, 0.717) is 13.1 Å². The SMILES string of the molecule is CCCC(N)C(=O)N(Cc1ccccc1)Cc1ccccc1. The topological polar surface area (TPSA) is 46.3 Å². The molecule has 0 saturated carbocycles. The van der Waals surface area contributed by atoms with Gasteiger partial charge in [0.15, 0.2) is 0 Å². The Morgan fingerprint density at radius 1 is 0.955 bits per heavy atom. The Labute approximate surface area is 132 Å². The molecular formula is C19H24N2O. The lowest BCUT2D eigenvalue weighted by Gasteiger charge is -2.26. The Morgan fingerprint density at radius 2 is 1.41 bits per heavy atom. The molecule has 22 heavy (non-hydrogen) atoms. The van der Waals surface area contributed by atoms with Crippen LogP contribution in [-0.2, 0) is 17.9 Å². The van der Waals surface area contributed by atoms with Gasteiger partial charge in [0.05, 0.1) is 6.04 Å². The summed E-state index contributed by atoms with van der Waals surface area (Å²) >= 11 is 0. The maximum atomic E-state index is 12.6. The molecule has 2 N–H and O–H groups in total. The van der Waals surface area contributed by atoms with Gasteiger partial charge in [-0.15, -0.1) is 0 Å². The molecule has 0 aliphatic rings. The summed E-state index contributed by atoms with van der Waals surface area (Å²) < 4.78 is 0. The number of hydrogen-bond acceptors (Lipinski definition) is 2. The predicted molar refractivity (Wildman–Crippen MR) is 90.0 cm³/mol. The highest BCUT2D eigenvalue weighted by atomic mass is 16.2. The lowest BCUT2D eigenvalue weighted by Crippen LogP contribution is -2.43. The third-order valence-corrected chi connectivity index (χ3v) is 3.66. The minimum Gasteiger partial charge on any atom is -0.333 e. The predicted octanol–water partition coefficient (Wildman–Crippen LogP) is 3.34. The highest BCUT2D eigenvalue weighted by Gasteiger charge is 2.20. The molecule has 1 amide bonds. The summed E-state index contributed by atoms with van der Waals surface area (Å²) in [4.78, 5) is 14.5. The van der Waals surface area contributed by atoms with E-state index in [1.807, 2.05) is 72.5 Å². The van der Waals surface area contributed by atoms with E-state index in [9.17, 15) is 4.79 Å². The molecule has 0 fully saturated rings. The normalized spacial score (nSPS) is 11.9. The van der Waals surface area contributed by atoms with Crippen molar-refractivity contribution in [3.63, 3.8) is 0 Å². The van der Waals surface area contributed by atoms with Gasteiger partial charge in [0.25, 0.3) is 0 Å². The Hall–Kier alpha value is -2.13. The molecule has 0 radical (unpaired) electrons. The molecule has 3 nitrogen and oxygen atoms in total. The van der Waals surface area contributed by atoms with Crippen LogP contribution in [0.4, 0.5) is 0 Å². The molecule has 0 aliphatic carbocycles. The van der Waals surface area contributed by atoms with Crippen molar-refractivity contribution < 1.29 is 4.79 Å². The largest absolute Gasteiger partial charge is 0.333 e. The zero-order chi connectivity index (χ0) is 15.8. The van der Waals surface area contributed by atoms with E-state index in [0.717, 1.165) is 24.0 Å². The lowest BCUT2D eigenvalue weighted by atomic mass is 10.1. The summed E-state index contributed by atoms with van der Waals surface area (Å²) in [7, 11) is 0. The Morgan fingerprint density at radius 3 is 1.82 bits per heavy atom. The van der Waals surface area contributed by atoms with Gasteiger partial charge in [-0.1, -0.05) is 74.0 Å². The standard InChI is InChI=1S/C19H24N2O/c1-2-9-18(20)19(22)21(14-16-10-5-3-6-11-16)15-17-12-7-4-8-13-17/h3-8,10-13,18H,2,9,14-15,20H2,1H3. The van der Waals surface area contributed by atoms with Gasteiger partial charge in [-0.25, -0.2) is 0 Å². The first-order valence-corrected chi connectivity index (χ1v) is 7.83. The van der Waals surface area contributed by atoms with Crippen LogP contribution >= 0.6 is 0 Å². The molecule has 1 unspecified atom stereocenters. The van der Waals surface area contributed by atoms with E-state index >= 15 is 0 Å². The Balaban J connectivity index is 2.14. The second-order valence-electron chi connectivity index (χ2n) is 5.56. The summed E-state index contributed by atoms with van der Waals surface area (Å²) in [6.45, 7) is 3.23. The van der Waals surface area contributed by atoms with Gasteiger partial charge in [-0.2, -0.15) is 0 Å².